The zero-order chi connectivity index (χ0) is 10.6. The quantitative estimate of drug-likeness (QED) is 0.720. The molecule has 3 nitrogen and oxygen atoms in total. The van der Waals surface area contributed by atoms with E-state index in [0.29, 0.717) is 6.04 Å². The fourth-order valence-corrected chi connectivity index (χ4v) is 2.08. The van der Waals surface area contributed by atoms with Crippen molar-refractivity contribution < 1.29 is 0 Å². The molecule has 1 rings (SSSR count). The molecule has 1 heterocycles. The molecule has 1 saturated heterocycles. The Morgan fingerprint density at radius 3 is 1.71 bits per heavy atom. The van der Waals surface area contributed by atoms with Gasteiger partial charge in [0.15, 0.2) is 0 Å². The van der Waals surface area contributed by atoms with Gasteiger partial charge < -0.3 is 10.6 Å². The summed E-state index contributed by atoms with van der Waals surface area (Å²) in [6.45, 7) is 13.8. The number of piperazine rings is 1. The third-order valence-electron chi connectivity index (χ3n) is 2.63. The van der Waals surface area contributed by atoms with E-state index in [1.54, 1.807) is 0 Å². The van der Waals surface area contributed by atoms with Crippen LogP contribution in [0.15, 0.2) is 0 Å². The lowest BCUT2D eigenvalue weighted by Gasteiger charge is -2.36. The molecule has 1 unspecified atom stereocenters. The molecule has 0 spiro atoms. The predicted molar refractivity (Wildman–Crippen MR) is 61.4 cm³/mol. The first-order valence-electron chi connectivity index (χ1n) is 5.78. The molecule has 2 N–H and O–H groups in total. The lowest BCUT2D eigenvalue weighted by atomic mass is 10.2. The lowest BCUT2D eigenvalue weighted by molar-refractivity contribution is 0.119. The van der Waals surface area contributed by atoms with Crippen molar-refractivity contribution in [3.63, 3.8) is 0 Å². The van der Waals surface area contributed by atoms with Crippen LogP contribution in [0.3, 0.4) is 0 Å². The maximum Gasteiger partial charge on any atom is 0.0139 e. The second-order valence-electron chi connectivity index (χ2n) is 4.97. The summed E-state index contributed by atoms with van der Waals surface area (Å²) in [7, 11) is 0. The van der Waals surface area contributed by atoms with Gasteiger partial charge in [-0.05, 0) is 12.8 Å². The van der Waals surface area contributed by atoms with Gasteiger partial charge in [0.05, 0.1) is 0 Å². The number of nitrogens with zero attached hydrogens (tertiary/aromatic N) is 2. The Hall–Kier alpha value is -0.120. The Balaban J connectivity index is 2.17. The summed E-state index contributed by atoms with van der Waals surface area (Å²) in [4.78, 5) is 5.03. The minimum atomic E-state index is 0.312. The molecule has 0 aromatic heterocycles. The van der Waals surface area contributed by atoms with E-state index in [1.807, 2.05) is 0 Å². The normalized spacial score (nSPS) is 22.9. The Morgan fingerprint density at radius 2 is 1.36 bits per heavy atom. The van der Waals surface area contributed by atoms with E-state index in [1.165, 1.54) is 32.7 Å². The number of rotatable bonds is 4. The summed E-state index contributed by atoms with van der Waals surface area (Å²) in [6.07, 6.45) is 0. The number of hydrogen-bond acceptors (Lipinski definition) is 3. The molecule has 0 amide bonds. The van der Waals surface area contributed by atoms with E-state index in [-0.39, 0.29) is 0 Å². The first-order chi connectivity index (χ1) is 6.58. The third-order valence-corrected chi connectivity index (χ3v) is 2.63. The summed E-state index contributed by atoms with van der Waals surface area (Å²) in [5, 5.41) is 0. The van der Waals surface area contributed by atoms with Crippen molar-refractivity contribution in [1.82, 2.24) is 9.80 Å². The number of nitrogens with two attached hydrogens (primary N) is 1. The van der Waals surface area contributed by atoms with Gasteiger partial charge >= 0.3 is 0 Å². The molecule has 0 radical (unpaired) electrons. The van der Waals surface area contributed by atoms with E-state index < -0.39 is 0 Å². The highest BCUT2D eigenvalue weighted by Crippen LogP contribution is 2.05. The van der Waals surface area contributed by atoms with Crippen molar-refractivity contribution in [2.45, 2.75) is 26.8 Å². The van der Waals surface area contributed by atoms with Gasteiger partial charge in [0, 0.05) is 45.3 Å². The minimum Gasteiger partial charge on any atom is -0.327 e. The Kier molecular flexibility index (Phi) is 4.85. The molecule has 1 aliphatic rings. The summed E-state index contributed by atoms with van der Waals surface area (Å²) >= 11 is 0. The van der Waals surface area contributed by atoms with Gasteiger partial charge in [-0.1, -0.05) is 13.8 Å². The van der Waals surface area contributed by atoms with Crippen molar-refractivity contribution in [2.75, 3.05) is 39.3 Å². The monoisotopic (exact) mass is 199 g/mol. The van der Waals surface area contributed by atoms with Crippen molar-refractivity contribution in [3.8, 4) is 0 Å². The van der Waals surface area contributed by atoms with E-state index in [4.69, 9.17) is 5.73 Å². The summed E-state index contributed by atoms with van der Waals surface area (Å²) in [5.74, 6) is 0.787. The second-order valence-corrected chi connectivity index (χ2v) is 4.97. The van der Waals surface area contributed by atoms with Gasteiger partial charge in [0.1, 0.15) is 0 Å². The van der Waals surface area contributed by atoms with E-state index in [9.17, 15) is 0 Å². The molecule has 1 atom stereocenters. The fraction of sp³-hybridized carbons (Fsp3) is 1.00. The zero-order valence-corrected chi connectivity index (χ0v) is 9.87. The minimum absolute atomic E-state index is 0.312. The summed E-state index contributed by atoms with van der Waals surface area (Å²) in [6, 6.07) is 0.312. The van der Waals surface area contributed by atoms with Gasteiger partial charge in [0.2, 0.25) is 0 Å². The zero-order valence-electron chi connectivity index (χ0n) is 9.87. The van der Waals surface area contributed by atoms with Crippen LogP contribution in [-0.4, -0.2) is 55.1 Å². The average molecular weight is 199 g/mol. The van der Waals surface area contributed by atoms with Crippen molar-refractivity contribution >= 4 is 0 Å². The molecule has 1 aliphatic heterocycles. The molecule has 14 heavy (non-hydrogen) atoms. The summed E-state index contributed by atoms with van der Waals surface area (Å²) in [5.41, 5.74) is 5.78. The Labute approximate surface area is 88.2 Å². The number of hydrogen-bond donors (Lipinski definition) is 1. The van der Waals surface area contributed by atoms with E-state index in [0.717, 1.165) is 12.5 Å². The molecule has 1 fully saturated rings. The molecule has 0 saturated carbocycles. The van der Waals surface area contributed by atoms with Crippen molar-refractivity contribution in [2.24, 2.45) is 11.7 Å². The first-order valence-corrected chi connectivity index (χ1v) is 5.78. The fourth-order valence-electron chi connectivity index (χ4n) is 2.08. The topological polar surface area (TPSA) is 32.5 Å². The molecular weight excluding hydrogens is 174 g/mol. The molecule has 0 aliphatic carbocycles. The molecule has 0 bridgehead atoms. The lowest BCUT2D eigenvalue weighted by Crippen LogP contribution is -2.49. The Morgan fingerprint density at radius 1 is 0.929 bits per heavy atom. The molecule has 0 aromatic carbocycles. The smallest absolute Gasteiger partial charge is 0.0139 e. The molecule has 3 heteroatoms. The van der Waals surface area contributed by atoms with Crippen LogP contribution in [0.2, 0.25) is 0 Å². The first kappa shape index (κ1) is 12.0. The van der Waals surface area contributed by atoms with Crippen LogP contribution < -0.4 is 5.73 Å². The van der Waals surface area contributed by atoms with E-state index in [2.05, 4.69) is 30.6 Å². The van der Waals surface area contributed by atoms with Crippen molar-refractivity contribution in [3.05, 3.63) is 0 Å². The van der Waals surface area contributed by atoms with Gasteiger partial charge in [0.25, 0.3) is 0 Å². The van der Waals surface area contributed by atoms with Gasteiger partial charge in [-0.2, -0.15) is 0 Å². The largest absolute Gasteiger partial charge is 0.327 e. The SMILES string of the molecule is CC(C)CN1CCN(CC(C)N)CC1. The van der Waals surface area contributed by atoms with Crippen LogP contribution in [-0.2, 0) is 0 Å². The van der Waals surface area contributed by atoms with Gasteiger partial charge in [-0.3, -0.25) is 4.90 Å². The van der Waals surface area contributed by atoms with Crippen LogP contribution in [0.1, 0.15) is 20.8 Å². The van der Waals surface area contributed by atoms with Crippen LogP contribution in [0, 0.1) is 5.92 Å². The highest BCUT2D eigenvalue weighted by molar-refractivity contribution is 4.74. The highest BCUT2D eigenvalue weighted by atomic mass is 15.3. The predicted octanol–water partition coefficient (Wildman–Crippen LogP) is 0.607. The Bertz CT molecular complexity index is 131. The van der Waals surface area contributed by atoms with Crippen LogP contribution >= 0.6 is 0 Å². The maximum absolute atomic E-state index is 5.78. The summed E-state index contributed by atoms with van der Waals surface area (Å²) < 4.78 is 0. The van der Waals surface area contributed by atoms with Crippen molar-refractivity contribution in [1.29, 1.82) is 0 Å². The van der Waals surface area contributed by atoms with Gasteiger partial charge in [-0.15, -0.1) is 0 Å². The maximum atomic E-state index is 5.78. The molecule has 0 aromatic rings. The molecular formula is C11H25N3. The van der Waals surface area contributed by atoms with E-state index >= 15 is 0 Å². The third kappa shape index (κ3) is 4.40. The van der Waals surface area contributed by atoms with Gasteiger partial charge in [-0.25, -0.2) is 0 Å². The van der Waals surface area contributed by atoms with Crippen LogP contribution in [0.5, 0.6) is 0 Å². The van der Waals surface area contributed by atoms with Crippen LogP contribution in [0.4, 0.5) is 0 Å². The highest BCUT2D eigenvalue weighted by Gasteiger charge is 2.17. The standard InChI is InChI=1S/C11H25N3/c1-10(2)8-13-4-6-14(7-5-13)9-11(3)12/h10-11H,4-9,12H2,1-3H3. The average Bonchev–Trinajstić information content (AvgIpc) is 2.06. The van der Waals surface area contributed by atoms with Crippen LogP contribution in [0.25, 0.3) is 0 Å². The second kappa shape index (κ2) is 5.69. The molecule has 84 valence electrons.